The molecule has 1 unspecified atom stereocenters. The van der Waals surface area contributed by atoms with Gasteiger partial charge >= 0.3 is 0 Å². The number of benzene rings is 1. The smallest absolute Gasteiger partial charge is 0.285 e. The fraction of sp³-hybridized carbons (Fsp3) is 0.500. The van der Waals surface area contributed by atoms with Crippen LogP contribution in [0.1, 0.15) is 49.7 Å². The zero-order valence-electron chi connectivity index (χ0n) is 11.4. The Morgan fingerprint density at radius 2 is 1.85 bits per heavy atom. The second-order valence-electron chi connectivity index (χ2n) is 5.21. The lowest BCUT2D eigenvalue weighted by Gasteiger charge is -2.19. The van der Waals surface area contributed by atoms with E-state index in [1.165, 1.54) is 34.2 Å². The second-order valence-corrected chi connectivity index (χ2v) is 5.93. The van der Waals surface area contributed by atoms with E-state index in [0.29, 0.717) is 5.75 Å². The largest absolute Gasteiger partial charge is 0.490 e. The summed E-state index contributed by atoms with van der Waals surface area (Å²) >= 11 is 0. The van der Waals surface area contributed by atoms with Crippen molar-refractivity contribution >= 4 is 9.24 Å². The highest BCUT2D eigenvalue weighted by atomic mass is 31.0. The lowest BCUT2D eigenvalue weighted by atomic mass is 10.1. The Bertz CT molecular complexity index is 494. The molecule has 0 N–H and O–H groups in total. The summed E-state index contributed by atoms with van der Waals surface area (Å²) in [5, 5.41) is 0. The van der Waals surface area contributed by atoms with Crippen molar-refractivity contribution in [1.82, 2.24) is 0 Å². The van der Waals surface area contributed by atoms with Crippen molar-refractivity contribution in [3.05, 3.63) is 29.3 Å². The standard InChI is InChI=1S/C16H19F2OP/c1-2-12-9-10-14(11-15(12)16(17,18)20)19-13-7-5-3-4-6-8-13/h1,9-11,13H,3-8,20H2. The average molecular weight is 296 g/mol. The molecule has 1 fully saturated rings. The van der Waals surface area contributed by atoms with Gasteiger partial charge in [-0.2, -0.15) is 8.78 Å². The number of alkyl halides is 2. The Labute approximate surface area is 121 Å². The maximum Gasteiger partial charge on any atom is 0.285 e. The highest BCUT2D eigenvalue weighted by molar-refractivity contribution is 7.17. The summed E-state index contributed by atoms with van der Waals surface area (Å²) in [6.07, 6.45) is 12.1. The normalized spacial score (nSPS) is 17.3. The third-order valence-electron chi connectivity index (χ3n) is 3.61. The van der Waals surface area contributed by atoms with Crippen molar-refractivity contribution < 1.29 is 13.5 Å². The first-order valence-corrected chi connectivity index (χ1v) is 7.53. The van der Waals surface area contributed by atoms with E-state index in [1.54, 1.807) is 6.07 Å². The monoisotopic (exact) mass is 296 g/mol. The Hall–Kier alpha value is -1.13. The van der Waals surface area contributed by atoms with Gasteiger partial charge < -0.3 is 4.74 Å². The van der Waals surface area contributed by atoms with Crippen LogP contribution in [0.4, 0.5) is 8.78 Å². The van der Waals surface area contributed by atoms with Crippen molar-refractivity contribution in [2.45, 2.75) is 50.3 Å². The van der Waals surface area contributed by atoms with Crippen LogP contribution in [-0.2, 0) is 5.66 Å². The molecule has 108 valence electrons. The fourth-order valence-electron chi connectivity index (χ4n) is 2.55. The van der Waals surface area contributed by atoms with E-state index >= 15 is 0 Å². The Morgan fingerprint density at radius 1 is 1.20 bits per heavy atom. The summed E-state index contributed by atoms with van der Waals surface area (Å²) in [4.78, 5) is 0. The predicted octanol–water partition coefficient (Wildman–Crippen LogP) is 4.69. The molecule has 0 saturated heterocycles. The van der Waals surface area contributed by atoms with Crippen molar-refractivity contribution in [3.63, 3.8) is 0 Å². The summed E-state index contributed by atoms with van der Waals surface area (Å²) in [6.45, 7) is 0. The molecule has 1 aliphatic rings. The average Bonchev–Trinajstić information content (AvgIpc) is 2.66. The third kappa shape index (κ3) is 3.93. The number of halogens is 2. The second kappa shape index (κ2) is 6.55. The molecule has 1 aromatic carbocycles. The SMILES string of the molecule is C#Cc1ccc(OC2CCCCCC2)cc1C(F)(F)P. The maximum absolute atomic E-state index is 13.5. The number of ether oxygens (including phenoxy) is 1. The van der Waals surface area contributed by atoms with E-state index in [-0.39, 0.29) is 17.2 Å². The highest BCUT2D eigenvalue weighted by Crippen LogP contribution is 2.38. The van der Waals surface area contributed by atoms with Crippen LogP contribution in [0.15, 0.2) is 18.2 Å². The molecule has 0 bridgehead atoms. The van der Waals surface area contributed by atoms with E-state index < -0.39 is 5.66 Å². The molecule has 1 aromatic rings. The molecule has 0 amide bonds. The molecule has 0 aromatic heterocycles. The molecule has 1 aliphatic carbocycles. The predicted molar refractivity (Wildman–Crippen MR) is 80.1 cm³/mol. The molecule has 0 aliphatic heterocycles. The van der Waals surface area contributed by atoms with Gasteiger partial charge in [-0.15, -0.1) is 6.42 Å². The lowest BCUT2D eigenvalue weighted by Crippen LogP contribution is -2.16. The third-order valence-corrected chi connectivity index (χ3v) is 3.92. The van der Waals surface area contributed by atoms with Crippen molar-refractivity contribution in [2.75, 3.05) is 0 Å². The van der Waals surface area contributed by atoms with Crippen LogP contribution >= 0.6 is 9.24 Å². The van der Waals surface area contributed by atoms with E-state index in [0.717, 1.165) is 25.7 Å². The fourth-order valence-corrected chi connectivity index (χ4v) is 2.79. The van der Waals surface area contributed by atoms with Crippen LogP contribution in [0, 0.1) is 12.3 Å². The molecule has 4 heteroatoms. The van der Waals surface area contributed by atoms with Crippen LogP contribution in [0.2, 0.25) is 0 Å². The first-order valence-electron chi connectivity index (χ1n) is 6.95. The molecule has 0 radical (unpaired) electrons. The van der Waals surface area contributed by atoms with Gasteiger partial charge in [-0.25, -0.2) is 0 Å². The molecule has 1 nitrogen and oxygen atoms in total. The quantitative estimate of drug-likeness (QED) is 0.446. The lowest BCUT2D eigenvalue weighted by molar-refractivity contribution is 0.102. The summed E-state index contributed by atoms with van der Waals surface area (Å²) in [7, 11) is 1.53. The molecular weight excluding hydrogens is 277 g/mol. The molecule has 0 heterocycles. The minimum Gasteiger partial charge on any atom is -0.490 e. The van der Waals surface area contributed by atoms with Gasteiger partial charge in [0.05, 0.1) is 6.10 Å². The Morgan fingerprint density at radius 3 is 2.40 bits per heavy atom. The van der Waals surface area contributed by atoms with Gasteiger partial charge in [-0.05, 0) is 43.9 Å². The number of terminal acetylenes is 1. The number of hydrogen-bond donors (Lipinski definition) is 0. The zero-order chi connectivity index (χ0) is 14.6. The van der Waals surface area contributed by atoms with Gasteiger partial charge in [0.2, 0.25) is 0 Å². The van der Waals surface area contributed by atoms with Gasteiger partial charge in [0.25, 0.3) is 5.66 Å². The van der Waals surface area contributed by atoms with Crippen LogP contribution in [0.25, 0.3) is 0 Å². The Kier molecular flexibility index (Phi) is 5.00. The summed E-state index contributed by atoms with van der Waals surface area (Å²) in [6, 6.07) is 4.58. The van der Waals surface area contributed by atoms with Gasteiger partial charge in [0.15, 0.2) is 0 Å². The summed E-state index contributed by atoms with van der Waals surface area (Å²) in [5.41, 5.74) is -3.00. The number of rotatable bonds is 3. The molecule has 0 spiro atoms. The first-order chi connectivity index (χ1) is 9.50. The maximum atomic E-state index is 13.5. The minimum absolute atomic E-state index is 0.125. The van der Waals surface area contributed by atoms with Crippen LogP contribution in [0.3, 0.4) is 0 Å². The zero-order valence-corrected chi connectivity index (χ0v) is 12.5. The molecule has 1 atom stereocenters. The Balaban J connectivity index is 2.18. The number of hydrogen-bond acceptors (Lipinski definition) is 1. The molecule has 2 rings (SSSR count). The van der Waals surface area contributed by atoms with E-state index in [9.17, 15) is 8.78 Å². The van der Waals surface area contributed by atoms with Crippen LogP contribution in [0.5, 0.6) is 5.75 Å². The van der Waals surface area contributed by atoms with E-state index in [2.05, 4.69) is 5.92 Å². The minimum atomic E-state index is -3.04. The van der Waals surface area contributed by atoms with Gasteiger partial charge in [0.1, 0.15) is 5.75 Å². The van der Waals surface area contributed by atoms with Gasteiger partial charge in [-0.1, -0.05) is 28.0 Å². The first kappa shape index (κ1) is 15.3. The van der Waals surface area contributed by atoms with Crippen LogP contribution in [-0.4, -0.2) is 6.10 Å². The van der Waals surface area contributed by atoms with E-state index in [1.807, 2.05) is 0 Å². The summed E-state index contributed by atoms with van der Waals surface area (Å²) < 4.78 is 32.9. The van der Waals surface area contributed by atoms with Crippen LogP contribution < -0.4 is 4.74 Å². The molecule has 1 saturated carbocycles. The van der Waals surface area contributed by atoms with E-state index in [4.69, 9.17) is 11.2 Å². The van der Waals surface area contributed by atoms with Crippen molar-refractivity contribution in [3.8, 4) is 18.1 Å². The molecular formula is C16H19F2OP. The topological polar surface area (TPSA) is 9.23 Å². The van der Waals surface area contributed by atoms with Crippen molar-refractivity contribution in [1.29, 1.82) is 0 Å². The molecule has 20 heavy (non-hydrogen) atoms. The van der Waals surface area contributed by atoms with Gasteiger partial charge in [-0.3, -0.25) is 0 Å². The summed E-state index contributed by atoms with van der Waals surface area (Å²) in [5.74, 6) is 2.77. The van der Waals surface area contributed by atoms with Gasteiger partial charge in [0, 0.05) is 11.1 Å². The van der Waals surface area contributed by atoms with Crippen molar-refractivity contribution in [2.24, 2.45) is 0 Å². The highest BCUT2D eigenvalue weighted by Gasteiger charge is 2.28.